The van der Waals surface area contributed by atoms with E-state index in [1.54, 1.807) is 6.07 Å². The molecule has 0 saturated carbocycles. The molecule has 0 fully saturated rings. The summed E-state index contributed by atoms with van der Waals surface area (Å²) in [5.41, 5.74) is 4.33. The largest absolute Gasteiger partial charge is 0.382 e. The Bertz CT molecular complexity index is 1860. The van der Waals surface area contributed by atoms with Crippen LogP contribution in [-0.2, 0) is 10.1 Å². The number of rotatable bonds is 4. The molecule has 6 rings (SSSR count). The first-order chi connectivity index (χ1) is 16.9. The molecule has 0 radical (unpaired) electrons. The first-order valence-corrected chi connectivity index (χ1v) is 13.1. The van der Waals surface area contributed by atoms with Gasteiger partial charge in [-0.15, -0.1) is 0 Å². The molecule has 0 saturated heterocycles. The molecule has 6 aromatic rings. The maximum atomic E-state index is 12.1. The summed E-state index contributed by atoms with van der Waals surface area (Å²) >= 11 is 0. The fourth-order valence-corrected chi connectivity index (χ4v) is 5.24. The molecule has 35 heavy (non-hydrogen) atoms. The van der Waals surface area contributed by atoms with Crippen molar-refractivity contribution in [3.63, 3.8) is 0 Å². The minimum absolute atomic E-state index is 0.249. The Morgan fingerprint density at radius 3 is 2.03 bits per heavy atom. The Kier molecular flexibility index (Phi) is 4.86. The lowest BCUT2D eigenvalue weighted by molar-refractivity contribution is 0.493. The van der Waals surface area contributed by atoms with Crippen LogP contribution >= 0.6 is 0 Å². The summed E-state index contributed by atoms with van der Waals surface area (Å²) < 4.78 is 31.7. The lowest BCUT2D eigenvalue weighted by Crippen LogP contribution is -2.08. The van der Waals surface area contributed by atoms with Crippen molar-refractivity contribution >= 4 is 42.7 Å². The number of aromatic nitrogens is 2. The van der Waals surface area contributed by atoms with Crippen LogP contribution in [-0.4, -0.2) is 24.2 Å². The molecule has 0 spiro atoms. The second-order valence-electron chi connectivity index (χ2n) is 8.68. The molecule has 0 atom stereocenters. The third-order valence-electron chi connectivity index (χ3n) is 6.16. The van der Waals surface area contributed by atoms with Crippen LogP contribution in [0.5, 0.6) is 5.75 Å². The van der Waals surface area contributed by atoms with E-state index >= 15 is 0 Å². The number of imidazole rings is 1. The van der Waals surface area contributed by atoms with Gasteiger partial charge >= 0.3 is 10.1 Å². The van der Waals surface area contributed by atoms with E-state index in [9.17, 15) is 8.42 Å². The van der Waals surface area contributed by atoms with Crippen LogP contribution in [0.2, 0.25) is 0 Å². The molecule has 5 aromatic carbocycles. The fourth-order valence-electron chi connectivity index (χ4n) is 4.77. The van der Waals surface area contributed by atoms with E-state index in [2.05, 4.69) is 28.8 Å². The average Bonchev–Trinajstić information content (AvgIpc) is 3.26. The quantitative estimate of drug-likeness (QED) is 0.210. The summed E-state index contributed by atoms with van der Waals surface area (Å²) in [5, 5.41) is 4.37. The van der Waals surface area contributed by atoms with Crippen molar-refractivity contribution in [2.75, 3.05) is 6.26 Å². The molecule has 172 valence electrons. The second-order valence-corrected chi connectivity index (χ2v) is 10.3. The van der Waals surface area contributed by atoms with E-state index < -0.39 is 10.1 Å². The molecule has 0 N–H and O–H groups in total. The third-order valence-corrected chi connectivity index (χ3v) is 6.65. The maximum Gasteiger partial charge on any atom is 0.306 e. The summed E-state index contributed by atoms with van der Waals surface area (Å²) in [6.07, 6.45) is 1.05. The van der Waals surface area contributed by atoms with Crippen LogP contribution in [0.15, 0.2) is 97.1 Å². The molecular formula is C29H22N2O3S. The first kappa shape index (κ1) is 21.4. The number of benzene rings is 5. The van der Waals surface area contributed by atoms with Crippen LogP contribution in [0.4, 0.5) is 0 Å². The first-order valence-electron chi connectivity index (χ1n) is 11.3. The highest BCUT2D eigenvalue weighted by molar-refractivity contribution is 7.86. The normalized spacial score (nSPS) is 11.9. The standard InChI is InChI=1S/C29H22N2O3S/c1-19-16-17-26(34-35(2,32)33)25(18-19)29-30-27-23-14-8-6-12-21(23)22-13-7-9-15-24(22)28(27)31(29)20-10-4-3-5-11-20/h3-18H,1-2H3. The van der Waals surface area contributed by atoms with Crippen molar-refractivity contribution in [1.82, 2.24) is 9.55 Å². The monoisotopic (exact) mass is 478 g/mol. The molecular weight excluding hydrogens is 456 g/mol. The lowest BCUT2D eigenvalue weighted by Gasteiger charge is -2.14. The predicted octanol–water partition coefficient (Wildman–Crippen LogP) is 6.65. The van der Waals surface area contributed by atoms with Gasteiger partial charge in [0.05, 0.1) is 22.9 Å². The third kappa shape index (κ3) is 3.63. The van der Waals surface area contributed by atoms with Crippen molar-refractivity contribution < 1.29 is 12.6 Å². The number of hydrogen-bond acceptors (Lipinski definition) is 4. The molecule has 5 nitrogen and oxygen atoms in total. The number of nitrogens with zero attached hydrogens (tertiary/aromatic N) is 2. The van der Waals surface area contributed by atoms with Gasteiger partial charge in [-0.25, -0.2) is 4.98 Å². The minimum atomic E-state index is -3.73. The van der Waals surface area contributed by atoms with Gasteiger partial charge in [0.25, 0.3) is 0 Å². The van der Waals surface area contributed by atoms with Crippen LogP contribution < -0.4 is 4.18 Å². The summed E-state index contributed by atoms with van der Waals surface area (Å²) in [6, 6.07) is 32.0. The van der Waals surface area contributed by atoms with Gasteiger partial charge in [-0.05, 0) is 42.0 Å². The van der Waals surface area contributed by atoms with Crippen molar-refractivity contribution in [1.29, 1.82) is 0 Å². The van der Waals surface area contributed by atoms with E-state index in [0.717, 1.165) is 50.1 Å². The zero-order valence-electron chi connectivity index (χ0n) is 19.3. The van der Waals surface area contributed by atoms with E-state index in [1.165, 1.54) is 0 Å². The number of aryl methyl sites for hydroxylation is 1. The Balaban J connectivity index is 1.84. The minimum Gasteiger partial charge on any atom is -0.382 e. The Labute approximate surface area is 203 Å². The maximum absolute atomic E-state index is 12.1. The van der Waals surface area contributed by atoms with Crippen molar-refractivity contribution in [2.24, 2.45) is 0 Å². The molecule has 1 aromatic heterocycles. The van der Waals surface area contributed by atoms with Crippen LogP contribution in [0, 0.1) is 6.92 Å². The van der Waals surface area contributed by atoms with Gasteiger partial charge in [0.1, 0.15) is 5.82 Å². The Hall–Kier alpha value is -4.16. The van der Waals surface area contributed by atoms with Crippen LogP contribution in [0.1, 0.15) is 5.56 Å². The number of para-hydroxylation sites is 1. The molecule has 0 unspecified atom stereocenters. The van der Waals surface area contributed by atoms with Crippen molar-refractivity contribution in [3.8, 4) is 22.8 Å². The van der Waals surface area contributed by atoms with E-state index in [4.69, 9.17) is 9.17 Å². The topological polar surface area (TPSA) is 61.2 Å². The van der Waals surface area contributed by atoms with E-state index in [0.29, 0.717) is 11.4 Å². The molecule has 0 aliphatic rings. The number of hydrogen-bond donors (Lipinski definition) is 0. The zero-order chi connectivity index (χ0) is 24.2. The molecule has 0 aliphatic carbocycles. The fraction of sp³-hybridized carbons (Fsp3) is 0.0690. The number of fused-ring (bicyclic) bond motifs is 6. The van der Waals surface area contributed by atoms with Gasteiger partial charge in [-0.2, -0.15) is 8.42 Å². The van der Waals surface area contributed by atoms with Gasteiger partial charge < -0.3 is 4.18 Å². The van der Waals surface area contributed by atoms with Crippen LogP contribution in [0.25, 0.3) is 49.7 Å². The van der Waals surface area contributed by atoms with Gasteiger partial charge in [-0.1, -0.05) is 78.4 Å². The lowest BCUT2D eigenvalue weighted by atomic mass is 10.00. The highest BCUT2D eigenvalue weighted by Gasteiger charge is 2.23. The van der Waals surface area contributed by atoms with Gasteiger partial charge in [0.2, 0.25) is 0 Å². The van der Waals surface area contributed by atoms with Gasteiger partial charge in [-0.3, -0.25) is 4.57 Å². The molecule has 1 heterocycles. The zero-order valence-corrected chi connectivity index (χ0v) is 20.1. The van der Waals surface area contributed by atoms with Gasteiger partial charge in [0, 0.05) is 16.5 Å². The molecule has 0 bridgehead atoms. The smallest absolute Gasteiger partial charge is 0.306 e. The summed E-state index contributed by atoms with van der Waals surface area (Å²) in [4.78, 5) is 5.16. The van der Waals surface area contributed by atoms with Crippen molar-refractivity contribution in [3.05, 3.63) is 103 Å². The highest BCUT2D eigenvalue weighted by Crippen LogP contribution is 2.41. The second kappa shape index (κ2) is 7.96. The highest BCUT2D eigenvalue weighted by atomic mass is 32.2. The van der Waals surface area contributed by atoms with Crippen LogP contribution in [0.3, 0.4) is 0 Å². The summed E-state index contributed by atoms with van der Waals surface area (Å²) in [5.74, 6) is 0.870. The van der Waals surface area contributed by atoms with E-state index in [1.807, 2.05) is 73.7 Å². The SMILES string of the molecule is Cc1ccc(OS(C)(=O)=O)c(-c2nc3c4ccccc4c4ccccc4c3n2-c2ccccc2)c1. The average molecular weight is 479 g/mol. The summed E-state index contributed by atoms with van der Waals surface area (Å²) in [6.45, 7) is 1.97. The van der Waals surface area contributed by atoms with Crippen molar-refractivity contribution in [2.45, 2.75) is 6.92 Å². The molecule has 0 aliphatic heterocycles. The van der Waals surface area contributed by atoms with Gasteiger partial charge in [0.15, 0.2) is 5.75 Å². The Morgan fingerprint density at radius 2 is 1.34 bits per heavy atom. The Morgan fingerprint density at radius 1 is 0.743 bits per heavy atom. The molecule has 0 amide bonds. The summed E-state index contributed by atoms with van der Waals surface area (Å²) in [7, 11) is -3.73. The predicted molar refractivity (Wildman–Crippen MR) is 142 cm³/mol. The van der Waals surface area contributed by atoms with E-state index in [-0.39, 0.29) is 5.75 Å². The molecule has 6 heteroatoms.